The fourth-order valence-corrected chi connectivity index (χ4v) is 2.55. The van der Waals surface area contributed by atoms with E-state index in [1.54, 1.807) is 30.3 Å². The number of amides is 1. The Morgan fingerprint density at radius 1 is 1.21 bits per heavy atom. The first-order valence-electron chi connectivity index (χ1n) is 6.98. The summed E-state index contributed by atoms with van der Waals surface area (Å²) in [5.74, 6) is -0.372. The minimum Gasteiger partial charge on any atom is -0.299 e. The fraction of sp³-hybridized carbons (Fsp3) is 0.0625. The number of hydrogen-bond donors (Lipinski definition) is 2. The molecule has 3 rings (SSSR count). The van der Waals surface area contributed by atoms with Crippen LogP contribution in [0.4, 0.5) is 5.69 Å². The van der Waals surface area contributed by atoms with E-state index in [1.807, 2.05) is 12.1 Å². The highest BCUT2D eigenvalue weighted by atomic mass is 79.9. The van der Waals surface area contributed by atoms with Gasteiger partial charge >= 0.3 is 0 Å². The Morgan fingerprint density at radius 2 is 1.96 bits per heavy atom. The third-order valence-electron chi connectivity index (χ3n) is 3.29. The number of carbonyl (C=O) groups is 1. The highest BCUT2D eigenvalue weighted by Gasteiger charge is 2.08. The molecule has 1 heterocycles. The number of carbonyl (C=O) groups excluding carboxylic acids is 1. The highest BCUT2D eigenvalue weighted by Crippen LogP contribution is 2.14. The van der Waals surface area contributed by atoms with Crippen LogP contribution in [-0.2, 0) is 11.3 Å². The largest absolute Gasteiger partial charge is 0.299 e. The molecule has 6 nitrogen and oxygen atoms in total. The Labute approximate surface area is 150 Å². The van der Waals surface area contributed by atoms with Gasteiger partial charge < -0.3 is 0 Å². The fourth-order valence-electron chi connectivity index (χ4n) is 2.11. The predicted octanol–water partition coefficient (Wildman–Crippen LogP) is 2.96. The van der Waals surface area contributed by atoms with Crippen molar-refractivity contribution >= 4 is 50.0 Å². The molecule has 0 aliphatic rings. The van der Waals surface area contributed by atoms with Gasteiger partial charge in [-0.1, -0.05) is 27.5 Å². The summed E-state index contributed by atoms with van der Waals surface area (Å²) in [5, 5.41) is 0.819. The van der Waals surface area contributed by atoms with Crippen LogP contribution in [0.3, 0.4) is 0 Å². The molecule has 0 aliphatic heterocycles. The third-order valence-corrected chi connectivity index (χ3v) is 4.05. The van der Waals surface area contributed by atoms with Gasteiger partial charge in [-0.2, -0.15) is 0 Å². The zero-order chi connectivity index (χ0) is 17.1. The molecular formula is C16H12BrClN4O2. The zero-order valence-electron chi connectivity index (χ0n) is 12.3. The molecule has 0 fully saturated rings. The minimum absolute atomic E-state index is 0.155. The molecule has 0 saturated heterocycles. The Bertz CT molecular complexity index is 956. The molecule has 1 aromatic heterocycles. The van der Waals surface area contributed by atoms with Crippen molar-refractivity contribution in [2.75, 3.05) is 5.43 Å². The number of hydrazine groups is 1. The molecule has 0 bridgehead atoms. The number of aromatic nitrogens is 2. The lowest BCUT2D eigenvalue weighted by molar-refractivity contribution is -0.121. The molecule has 24 heavy (non-hydrogen) atoms. The second-order valence-electron chi connectivity index (χ2n) is 5.02. The molecule has 2 N–H and O–H groups in total. The van der Waals surface area contributed by atoms with E-state index >= 15 is 0 Å². The molecule has 1 amide bonds. The monoisotopic (exact) mass is 406 g/mol. The first kappa shape index (κ1) is 16.5. The van der Waals surface area contributed by atoms with E-state index in [9.17, 15) is 9.59 Å². The van der Waals surface area contributed by atoms with Crippen LogP contribution < -0.4 is 16.4 Å². The quantitative estimate of drug-likeness (QED) is 0.652. The zero-order valence-corrected chi connectivity index (χ0v) is 14.6. The van der Waals surface area contributed by atoms with E-state index in [0.29, 0.717) is 15.9 Å². The maximum Gasteiger partial charge on any atom is 0.261 e. The number of fused-ring (bicyclic) bond motifs is 1. The summed E-state index contributed by atoms with van der Waals surface area (Å²) in [6.45, 7) is -0.155. The van der Waals surface area contributed by atoms with Crippen molar-refractivity contribution in [2.24, 2.45) is 0 Å². The molecule has 0 unspecified atom stereocenters. The molecular weight excluding hydrogens is 396 g/mol. The van der Waals surface area contributed by atoms with E-state index < -0.39 is 0 Å². The standard InChI is InChI=1S/C16H12BrClN4O2/c17-10-1-4-12(5-2-10)20-21-15(23)8-22-9-19-14-6-3-11(18)7-13(14)16(22)24/h1-7,9,20H,8H2,(H,21,23). The number of nitrogens with one attached hydrogen (secondary N) is 2. The predicted molar refractivity (Wildman–Crippen MR) is 96.9 cm³/mol. The Hall–Kier alpha value is -2.38. The van der Waals surface area contributed by atoms with Crippen LogP contribution in [0.25, 0.3) is 10.9 Å². The van der Waals surface area contributed by atoms with Crippen molar-refractivity contribution in [2.45, 2.75) is 6.54 Å². The van der Waals surface area contributed by atoms with Crippen LogP contribution in [0.1, 0.15) is 0 Å². The van der Waals surface area contributed by atoms with Gasteiger partial charge in [-0.25, -0.2) is 4.98 Å². The normalized spacial score (nSPS) is 10.6. The third kappa shape index (κ3) is 3.74. The maximum absolute atomic E-state index is 12.4. The van der Waals surface area contributed by atoms with Crippen LogP contribution in [0.2, 0.25) is 5.02 Å². The van der Waals surface area contributed by atoms with E-state index in [2.05, 4.69) is 31.8 Å². The smallest absolute Gasteiger partial charge is 0.261 e. The topological polar surface area (TPSA) is 76.0 Å². The first-order chi connectivity index (χ1) is 11.5. The van der Waals surface area contributed by atoms with E-state index in [4.69, 9.17) is 11.6 Å². The Morgan fingerprint density at radius 3 is 2.71 bits per heavy atom. The van der Waals surface area contributed by atoms with Gasteiger partial charge in [0.15, 0.2) is 0 Å². The molecule has 8 heteroatoms. The Kier molecular flexibility index (Phi) is 4.82. The molecule has 3 aromatic rings. The van der Waals surface area contributed by atoms with Crippen molar-refractivity contribution in [1.82, 2.24) is 15.0 Å². The van der Waals surface area contributed by atoms with Gasteiger partial charge in [-0.3, -0.25) is 25.0 Å². The van der Waals surface area contributed by atoms with Crippen LogP contribution in [0.15, 0.2) is 58.1 Å². The number of benzene rings is 2. The van der Waals surface area contributed by atoms with Crippen molar-refractivity contribution in [1.29, 1.82) is 0 Å². The second kappa shape index (κ2) is 7.02. The van der Waals surface area contributed by atoms with E-state index in [1.165, 1.54) is 10.9 Å². The van der Waals surface area contributed by atoms with Crippen molar-refractivity contribution < 1.29 is 4.79 Å². The summed E-state index contributed by atoms with van der Waals surface area (Å²) in [7, 11) is 0. The van der Waals surface area contributed by atoms with Gasteiger partial charge in [-0.05, 0) is 42.5 Å². The summed E-state index contributed by atoms with van der Waals surface area (Å²) in [6, 6.07) is 12.2. The van der Waals surface area contributed by atoms with Crippen molar-refractivity contribution in [3.05, 3.63) is 68.6 Å². The molecule has 0 radical (unpaired) electrons. The van der Waals surface area contributed by atoms with Crippen LogP contribution in [0.5, 0.6) is 0 Å². The highest BCUT2D eigenvalue weighted by molar-refractivity contribution is 9.10. The number of nitrogens with zero attached hydrogens (tertiary/aromatic N) is 2. The summed E-state index contributed by atoms with van der Waals surface area (Å²) in [4.78, 5) is 28.6. The summed E-state index contributed by atoms with van der Waals surface area (Å²) in [6.07, 6.45) is 1.35. The number of halogens is 2. The number of rotatable bonds is 4. The van der Waals surface area contributed by atoms with E-state index in [0.717, 1.165) is 10.2 Å². The molecule has 122 valence electrons. The first-order valence-corrected chi connectivity index (χ1v) is 8.15. The van der Waals surface area contributed by atoms with Crippen LogP contribution in [0, 0.1) is 0 Å². The lowest BCUT2D eigenvalue weighted by atomic mass is 10.2. The van der Waals surface area contributed by atoms with Gasteiger partial charge in [0.05, 0.1) is 22.9 Å². The van der Waals surface area contributed by atoms with Gasteiger partial charge in [0.1, 0.15) is 6.54 Å². The van der Waals surface area contributed by atoms with Crippen molar-refractivity contribution in [3.63, 3.8) is 0 Å². The number of hydrogen-bond acceptors (Lipinski definition) is 4. The molecule has 0 saturated carbocycles. The summed E-state index contributed by atoms with van der Waals surface area (Å²) in [5.41, 5.74) is 6.26. The molecule has 0 spiro atoms. The second-order valence-corrected chi connectivity index (χ2v) is 6.37. The van der Waals surface area contributed by atoms with Crippen LogP contribution >= 0.6 is 27.5 Å². The average Bonchev–Trinajstić information content (AvgIpc) is 2.57. The lowest BCUT2D eigenvalue weighted by Crippen LogP contribution is -2.35. The average molecular weight is 408 g/mol. The van der Waals surface area contributed by atoms with E-state index in [-0.39, 0.29) is 18.0 Å². The Balaban J connectivity index is 1.72. The molecule has 2 aromatic carbocycles. The maximum atomic E-state index is 12.4. The SMILES string of the molecule is O=C(Cn1cnc2ccc(Cl)cc2c1=O)NNc1ccc(Br)cc1. The number of anilines is 1. The molecule has 0 aliphatic carbocycles. The van der Waals surface area contributed by atoms with Gasteiger partial charge in [0.25, 0.3) is 11.5 Å². The minimum atomic E-state index is -0.372. The summed E-state index contributed by atoms with van der Waals surface area (Å²) >= 11 is 9.24. The van der Waals surface area contributed by atoms with Gasteiger partial charge in [0.2, 0.25) is 0 Å². The van der Waals surface area contributed by atoms with Gasteiger partial charge in [0, 0.05) is 9.50 Å². The lowest BCUT2D eigenvalue weighted by Gasteiger charge is -2.10. The van der Waals surface area contributed by atoms with Gasteiger partial charge in [-0.15, -0.1) is 0 Å². The molecule has 0 atom stereocenters. The summed E-state index contributed by atoms with van der Waals surface area (Å²) < 4.78 is 2.17. The van der Waals surface area contributed by atoms with Crippen molar-refractivity contribution in [3.8, 4) is 0 Å². The van der Waals surface area contributed by atoms with Crippen LogP contribution in [-0.4, -0.2) is 15.5 Å².